The van der Waals surface area contributed by atoms with Gasteiger partial charge in [0.2, 0.25) is 0 Å². The van der Waals surface area contributed by atoms with Crippen LogP contribution in [-0.2, 0) is 0 Å². The van der Waals surface area contributed by atoms with Gasteiger partial charge in [-0.15, -0.1) is 0 Å². The van der Waals surface area contributed by atoms with Gasteiger partial charge in [-0.3, -0.25) is 0 Å². The van der Waals surface area contributed by atoms with Gasteiger partial charge in [0.05, 0.1) is 0 Å². The summed E-state index contributed by atoms with van der Waals surface area (Å²) in [5.74, 6) is 2.78. The van der Waals surface area contributed by atoms with E-state index in [1.165, 1.54) is 0 Å². The van der Waals surface area contributed by atoms with E-state index >= 15 is 0 Å². The Morgan fingerprint density at radius 1 is 1.54 bits per heavy atom. The normalized spacial score (nSPS) is 9.92. The van der Waals surface area contributed by atoms with Crippen LogP contribution in [-0.4, -0.2) is 29.5 Å². The van der Waals surface area contributed by atoms with Gasteiger partial charge >= 0.3 is 85.7 Å². The Labute approximate surface area is 85.9 Å². The molecule has 6 heteroatoms. The van der Waals surface area contributed by atoms with Crippen LogP contribution in [0.3, 0.4) is 0 Å². The Balaban J connectivity index is 2.52. The van der Waals surface area contributed by atoms with Gasteiger partial charge in [-0.05, 0) is 0 Å². The van der Waals surface area contributed by atoms with Gasteiger partial charge in [-0.25, -0.2) is 0 Å². The number of halogens is 1. The van der Waals surface area contributed by atoms with Gasteiger partial charge < -0.3 is 0 Å². The first kappa shape index (κ1) is 8.69. The molecule has 0 fully saturated rings. The molecule has 3 nitrogen and oxygen atoms in total. The SMILES string of the molecule is Bc1bccnc1-n1cc(Br)cn1. The topological polar surface area (TPSA) is 30.7 Å². The molecule has 0 saturated carbocycles. The summed E-state index contributed by atoms with van der Waals surface area (Å²) < 4.78 is 2.71. The van der Waals surface area contributed by atoms with E-state index in [2.05, 4.69) is 26.0 Å². The fourth-order valence-corrected chi connectivity index (χ4v) is 1.42. The number of rotatable bonds is 1. The molecule has 0 atom stereocenters. The first-order chi connectivity index (χ1) is 6.27. The van der Waals surface area contributed by atoms with Crippen LogP contribution in [0.5, 0.6) is 0 Å². The Kier molecular flexibility index (Phi) is 2.31. The van der Waals surface area contributed by atoms with Crippen LogP contribution < -0.4 is 5.36 Å². The van der Waals surface area contributed by atoms with Gasteiger partial charge in [-0.1, -0.05) is 0 Å². The Hall–Kier alpha value is -0.900. The first-order valence-corrected chi connectivity index (χ1v) is 4.69. The molecular formula is C7H6B2BrN3. The zero-order valence-corrected chi connectivity index (χ0v) is 8.69. The predicted molar refractivity (Wildman–Crippen MR) is 58.6 cm³/mol. The van der Waals surface area contributed by atoms with Crippen LogP contribution in [0.4, 0.5) is 0 Å². The molecule has 2 heterocycles. The third kappa shape index (κ3) is 1.72. The monoisotopic (exact) mass is 233 g/mol. The summed E-state index contributed by atoms with van der Waals surface area (Å²) in [6, 6.07) is 0. The van der Waals surface area contributed by atoms with Crippen LogP contribution in [0.25, 0.3) is 5.82 Å². The van der Waals surface area contributed by atoms with Crippen molar-refractivity contribution in [3.05, 3.63) is 29.0 Å². The van der Waals surface area contributed by atoms with Gasteiger partial charge in [0, 0.05) is 0 Å². The molecule has 0 bridgehead atoms. The number of hydrogen-bond acceptors (Lipinski definition) is 2. The summed E-state index contributed by atoms with van der Waals surface area (Å²) in [6.45, 7) is 2.01. The van der Waals surface area contributed by atoms with E-state index in [4.69, 9.17) is 0 Å². The molecular weight excluding hydrogens is 228 g/mol. The molecule has 2 aromatic rings. The maximum atomic E-state index is 4.24. The average molecular weight is 234 g/mol. The summed E-state index contributed by atoms with van der Waals surface area (Å²) in [6.07, 6.45) is 5.39. The van der Waals surface area contributed by atoms with Crippen molar-refractivity contribution in [3.63, 3.8) is 0 Å². The Morgan fingerprint density at radius 3 is 3.00 bits per heavy atom. The van der Waals surface area contributed by atoms with E-state index in [1.807, 2.05) is 26.9 Å². The number of aromatic nitrogens is 3. The van der Waals surface area contributed by atoms with Crippen molar-refractivity contribution < 1.29 is 0 Å². The van der Waals surface area contributed by atoms with Crippen molar-refractivity contribution in [2.24, 2.45) is 0 Å². The number of nitrogens with zero attached hydrogens (tertiary/aromatic N) is 3. The van der Waals surface area contributed by atoms with Crippen molar-refractivity contribution in [3.8, 4) is 5.82 Å². The molecule has 0 unspecified atom stereocenters. The fourth-order valence-electron chi connectivity index (χ4n) is 1.13. The summed E-state index contributed by atoms with van der Waals surface area (Å²) >= 11 is 3.34. The van der Waals surface area contributed by atoms with Crippen LogP contribution in [0.15, 0.2) is 29.0 Å². The summed E-state index contributed by atoms with van der Waals surface area (Å²) in [5, 5.41) is 5.26. The molecule has 0 aliphatic rings. The average Bonchev–Trinajstić information content (AvgIpc) is 2.53. The van der Waals surface area contributed by atoms with Gasteiger partial charge in [0.15, 0.2) is 0 Å². The first-order valence-electron chi connectivity index (χ1n) is 3.89. The minimum absolute atomic E-state index is 0.869. The van der Waals surface area contributed by atoms with Gasteiger partial charge in [0.1, 0.15) is 0 Å². The summed E-state index contributed by atoms with van der Waals surface area (Å²) in [5.41, 5.74) is 0. The molecule has 2 aromatic heterocycles. The van der Waals surface area contributed by atoms with Crippen molar-refractivity contribution in [2.45, 2.75) is 0 Å². The second kappa shape index (κ2) is 3.46. The van der Waals surface area contributed by atoms with Crippen molar-refractivity contribution in [2.75, 3.05) is 0 Å². The molecule has 0 N–H and O–H groups in total. The second-order valence-electron chi connectivity index (χ2n) is 2.75. The molecule has 0 aromatic carbocycles. The van der Waals surface area contributed by atoms with E-state index < -0.39 is 0 Å². The fraction of sp³-hybridized carbons (Fsp3) is 0. The van der Waals surface area contributed by atoms with Gasteiger partial charge in [0.25, 0.3) is 0 Å². The Bertz CT molecular complexity index is 429. The standard InChI is InChI=1S/C7H6B2BrN3/c8-6-7(11-2-1-9-6)13-4-5(10)3-12-13/h1-4H,8H2. The molecule has 0 amide bonds. The third-order valence-corrected chi connectivity index (χ3v) is 2.16. The molecule has 13 heavy (non-hydrogen) atoms. The molecule has 0 aliphatic heterocycles. The van der Waals surface area contributed by atoms with Crippen LogP contribution in [0.2, 0.25) is 0 Å². The van der Waals surface area contributed by atoms with E-state index in [1.54, 1.807) is 17.1 Å². The van der Waals surface area contributed by atoms with Crippen LogP contribution in [0, 0.1) is 0 Å². The molecule has 0 radical (unpaired) electrons. The molecule has 62 valence electrons. The van der Waals surface area contributed by atoms with Crippen molar-refractivity contribution in [1.29, 1.82) is 0 Å². The third-order valence-electron chi connectivity index (χ3n) is 1.75. The molecule has 0 aliphatic carbocycles. The van der Waals surface area contributed by atoms with E-state index in [0.717, 1.165) is 15.6 Å². The van der Waals surface area contributed by atoms with Crippen LogP contribution >= 0.6 is 15.9 Å². The second-order valence-corrected chi connectivity index (χ2v) is 3.66. The van der Waals surface area contributed by atoms with Crippen LogP contribution in [0.1, 0.15) is 0 Å². The van der Waals surface area contributed by atoms with Gasteiger partial charge in [-0.2, -0.15) is 0 Å². The molecule has 0 saturated heterocycles. The van der Waals surface area contributed by atoms with Crippen molar-refractivity contribution >= 4 is 36.0 Å². The summed E-state index contributed by atoms with van der Waals surface area (Å²) in [4.78, 5) is 4.24. The molecule has 2 rings (SSSR count). The predicted octanol–water partition coefficient (Wildman–Crippen LogP) is -0.374. The quantitative estimate of drug-likeness (QED) is 0.629. The molecule has 0 spiro atoms. The minimum atomic E-state index is 0.869. The van der Waals surface area contributed by atoms with E-state index in [9.17, 15) is 0 Å². The zero-order chi connectivity index (χ0) is 9.26. The van der Waals surface area contributed by atoms with E-state index in [-0.39, 0.29) is 0 Å². The maximum absolute atomic E-state index is 4.24. The van der Waals surface area contributed by atoms with E-state index in [0.29, 0.717) is 0 Å². The number of hydrogen-bond donors (Lipinski definition) is 0. The van der Waals surface area contributed by atoms with Crippen molar-refractivity contribution in [1.82, 2.24) is 14.8 Å². The summed E-state index contributed by atoms with van der Waals surface area (Å²) in [7, 11) is 2.01. The Morgan fingerprint density at radius 2 is 2.38 bits per heavy atom. The zero-order valence-electron chi connectivity index (χ0n) is 7.11.